The first kappa shape index (κ1) is 45.9. The molecule has 5 aliphatic rings. The Kier molecular flexibility index (Phi) is 13.3. The number of H-pyrrole nitrogens is 2. The number of carbonyl (C=O) groups excluding carboxylic acids is 4. The van der Waals surface area contributed by atoms with E-state index in [0.717, 1.165) is 28.5 Å². The van der Waals surface area contributed by atoms with Gasteiger partial charge in [-0.25, -0.2) is 19.6 Å². The third-order valence-electron chi connectivity index (χ3n) is 12.7. The number of fused-ring (bicyclic) bond motifs is 8. The molecule has 0 unspecified atom stereocenters. The minimum Gasteiger partial charge on any atom is -0.478 e. The number of alkyl carbamates (subject to hydrolysis) is 1. The second kappa shape index (κ2) is 18.5. The second-order valence-electron chi connectivity index (χ2n) is 18.0. The van der Waals surface area contributed by atoms with Crippen LogP contribution in [0.3, 0.4) is 0 Å². The minimum absolute atomic E-state index is 0.133. The van der Waals surface area contributed by atoms with E-state index in [1.54, 1.807) is 38.8 Å². The van der Waals surface area contributed by atoms with Gasteiger partial charge in [-0.1, -0.05) is 13.8 Å². The number of aromatic amines is 2. The number of aromatic nitrogens is 4. The quantitative estimate of drug-likeness (QED) is 0.129. The van der Waals surface area contributed by atoms with Crippen LogP contribution in [0.5, 0.6) is 0 Å². The van der Waals surface area contributed by atoms with Gasteiger partial charge in [-0.05, 0) is 101 Å². The molecule has 64 heavy (non-hydrogen) atoms. The molecule has 4 amide bonds. The number of allylic oxidation sites excluding steroid dienone is 5. The molecule has 7 rings (SSSR count). The topological polar surface area (TPSA) is 203 Å². The minimum atomic E-state index is -1.09. The summed E-state index contributed by atoms with van der Waals surface area (Å²) < 4.78 is 10.9. The Bertz CT molecular complexity index is 2570. The molecule has 0 saturated carbocycles. The Morgan fingerprint density at radius 3 is 2.34 bits per heavy atom. The number of nitrogens with zero attached hydrogens (tertiary/aromatic N) is 5. The van der Waals surface area contributed by atoms with Gasteiger partial charge in [0, 0.05) is 93.1 Å². The molecule has 16 nitrogen and oxygen atoms in total. The van der Waals surface area contributed by atoms with E-state index in [1.807, 2.05) is 45.9 Å². The van der Waals surface area contributed by atoms with E-state index >= 15 is 4.79 Å². The van der Waals surface area contributed by atoms with Crippen molar-refractivity contribution < 1.29 is 38.6 Å². The van der Waals surface area contributed by atoms with Gasteiger partial charge in [0.05, 0.1) is 52.6 Å². The largest absolute Gasteiger partial charge is 0.478 e. The summed E-state index contributed by atoms with van der Waals surface area (Å²) in [6, 6.07) is 5.75. The van der Waals surface area contributed by atoms with Crippen LogP contribution < -0.4 is 5.32 Å². The summed E-state index contributed by atoms with van der Waals surface area (Å²) in [4.78, 5) is 89.9. The summed E-state index contributed by atoms with van der Waals surface area (Å²) in [6.45, 7) is 18.9. The summed E-state index contributed by atoms with van der Waals surface area (Å²) in [5.41, 5.74) is 9.15. The maximum Gasteiger partial charge on any atom is 0.407 e. The van der Waals surface area contributed by atoms with Gasteiger partial charge in [-0.2, -0.15) is 0 Å². The van der Waals surface area contributed by atoms with E-state index in [4.69, 9.17) is 19.4 Å². The summed E-state index contributed by atoms with van der Waals surface area (Å²) in [5, 5.41) is 12.3. The highest BCUT2D eigenvalue weighted by Crippen LogP contribution is 2.45. The van der Waals surface area contributed by atoms with E-state index < -0.39 is 23.6 Å². The molecule has 0 spiro atoms. The lowest BCUT2D eigenvalue weighted by Gasteiger charge is -2.31. The summed E-state index contributed by atoms with van der Waals surface area (Å²) in [7, 11) is 1.69. The number of amides is 4. The monoisotopic (exact) mass is 876 g/mol. The van der Waals surface area contributed by atoms with Gasteiger partial charge >= 0.3 is 12.1 Å². The lowest BCUT2D eigenvalue weighted by molar-refractivity contribution is -0.131. The van der Waals surface area contributed by atoms with Crippen LogP contribution in [0.4, 0.5) is 4.79 Å². The Morgan fingerprint density at radius 1 is 0.969 bits per heavy atom. The molecule has 2 aromatic heterocycles. The number of hydrogen-bond acceptors (Lipinski definition) is 10. The van der Waals surface area contributed by atoms with Crippen LogP contribution in [0, 0.1) is 6.92 Å². The summed E-state index contributed by atoms with van der Waals surface area (Å²) >= 11 is 0. The Hall–Kier alpha value is -6.13. The molecule has 0 aliphatic carbocycles. The molecule has 4 N–H and O–H groups in total. The first-order chi connectivity index (χ1) is 30.4. The molecule has 5 aliphatic heterocycles. The molecule has 1 fully saturated rings. The van der Waals surface area contributed by atoms with Crippen molar-refractivity contribution in [2.75, 3.05) is 59.5 Å². The van der Waals surface area contributed by atoms with Gasteiger partial charge in [0.1, 0.15) is 5.60 Å². The summed E-state index contributed by atoms with van der Waals surface area (Å²) in [6.07, 6.45) is 3.26. The number of likely N-dealkylation sites (N-methyl/N-ethyl adjacent to an activating group) is 1. The zero-order valence-electron chi connectivity index (χ0n) is 38.4. The molecule has 340 valence electrons. The highest BCUT2D eigenvalue weighted by atomic mass is 16.6. The smallest absolute Gasteiger partial charge is 0.407 e. The van der Waals surface area contributed by atoms with Gasteiger partial charge in [-0.3, -0.25) is 24.2 Å². The molecule has 16 heteroatoms. The van der Waals surface area contributed by atoms with Gasteiger partial charge in [0.25, 0.3) is 11.8 Å². The van der Waals surface area contributed by atoms with Crippen molar-refractivity contribution in [3.05, 3.63) is 81.2 Å². The number of aryl methyl sites for hydroxylation is 1. The lowest BCUT2D eigenvalue weighted by atomic mass is 9.84. The molecule has 0 radical (unpaired) electrons. The Morgan fingerprint density at radius 2 is 1.66 bits per heavy atom. The van der Waals surface area contributed by atoms with Crippen LogP contribution in [0.25, 0.3) is 33.3 Å². The van der Waals surface area contributed by atoms with Crippen molar-refractivity contribution in [1.29, 1.82) is 0 Å². The van der Waals surface area contributed by atoms with Crippen LogP contribution in [-0.4, -0.2) is 135 Å². The van der Waals surface area contributed by atoms with Crippen molar-refractivity contribution in [1.82, 2.24) is 40.0 Å². The van der Waals surface area contributed by atoms with Gasteiger partial charge < -0.3 is 34.8 Å². The average Bonchev–Trinajstić information content (AvgIpc) is 3.91. The van der Waals surface area contributed by atoms with Crippen LogP contribution in [0.15, 0.2) is 30.4 Å². The van der Waals surface area contributed by atoms with E-state index in [0.29, 0.717) is 107 Å². The van der Waals surface area contributed by atoms with Gasteiger partial charge in [-0.15, -0.1) is 0 Å². The summed E-state index contributed by atoms with van der Waals surface area (Å²) in [5.74, 6) is -2.67. The number of morpholine rings is 1. The third-order valence-corrected chi connectivity index (χ3v) is 12.7. The van der Waals surface area contributed by atoms with E-state index in [-0.39, 0.29) is 49.7 Å². The highest BCUT2D eigenvalue weighted by molar-refractivity contribution is 6.23. The van der Waals surface area contributed by atoms with Crippen LogP contribution >= 0.6 is 0 Å². The van der Waals surface area contributed by atoms with E-state index in [1.165, 1.54) is 4.90 Å². The number of ether oxygens (including phenoxy) is 2. The first-order valence-electron chi connectivity index (χ1n) is 22.1. The normalized spacial score (nSPS) is 18.5. The number of rotatable bonds is 12. The fourth-order valence-corrected chi connectivity index (χ4v) is 9.04. The van der Waals surface area contributed by atoms with Crippen molar-refractivity contribution >= 4 is 63.1 Å². The fourth-order valence-electron chi connectivity index (χ4n) is 9.04. The lowest BCUT2D eigenvalue weighted by Crippen LogP contribution is -2.47. The van der Waals surface area contributed by atoms with E-state index in [2.05, 4.69) is 27.1 Å². The molecule has 1 saturated heterocycles. The van der Waals surface area contributed by atoms with Gasteiger partial charge in [0.2, 0.25) is 5.91 Å². The number of aliphatic carboxylic acids is 1. The number of imide groups is 1. The SMILES string of the molecule is CCC1=C(C)c2cc3nc(cc4[nH]c(c5c6[nH]c(cc1n2)c(C)c6C(=O)N(CCN1CCOCC1)C5=O)[C@@H](CCC(=O)N(C)CCNC(=O)OC(C)(C)C)[C@@H]4C)C(C)=C3/C=C/C(=O)O. The van der Waals surface area contributed by atoms with Crippen LogP contribution in [-0.2, 0) is 19.1 Å². The first-order valence-corrected chi connectivity index (χ1v) is 22.1. The molecular formula is C48H60N8O8. The fraction of sp³-hybridized carbons (Fsp3) is 0.479. The maximum atomic E-state index is 15.1. The molecule has 0 aromatic carbocycles. The third kappa shape index (κ3) is 9.39. The van der Waals surface area contributed by atoms with Gasteiger partial charge in [0.15, 0.2) is 0 Å². The standard InChI is InChI=1S/C48H60N8O8/c1-10-30-26(2)34-24-38-31(12-14-40(58)59)27(3)33(51-38)23-35-28(4)32(11-13-39(57)54(9)16-15-49-47(62)64-48(6,7)8)43(52-35)42-44-41(29(5)36(53-44)25-37(30)50-34)45(60)56(46(42)61)18-17-55-19-21-63-22-20-55/h12,14,23-25,28,32,52-53H,10-11,13,15-22H2,1-9H3,(H,49,62)(H,58,59)/b14-12+,35-23?,37-25?,38-24?,43-42?/t28-,32-/m0/s1. The molecule has 2 atom stereocenters. The number of hydrogen-bond donors (Lipinski definition) is 4. The van der Waals surface area contributed by atoms with Crippen molar-refractivity contribution in [3.63, 3.8) is 0 Å². The zero-order valence-corrected chi connectivity index (χ0v) is 38.4. The molecule has 8 bridgehead atoms. The van der Waals surface area contributed by atoms with Crippen molar-refractivity contribution in [3.8, 4) is 0 Å². The molecule has 2 aromatic rings. The van der Waals surface area contributed by atoms with Crippen LogP contribution in [0.2, 0.25) is 0 Å². The zero-order chi connectivity index (χ0) is 46.2. The second-order valence-corrected chi connectivity index (χ2v) is 18.0. The highest BCUT2D eigenvalue weighted by Gasteiger charge is 2.41. The number of carbonyl (C=O) groups is 5. The average molecular weight is 877 g/mol. The number of nitrogens with one attached hydrogen (secondary N) is 3. The predicted molar refractivity (Wildman–Crippen MR) is 244 cm³/mol. The molecule has 7 heterocycles. The van der Waals surface area contributed by atoms with Crippen molar-refractivity contribution in [2.45, 2.75) is 92.1 Å². The predicted octanol–water partition coefficient (Wildman–Crippen LogP) is 6.84. The Balaban J connectivity index is 1.39. The van der Waals surface area contributed by atoms with Crippen molar-refractivity contribution in [2.24, 2.45) is 0 Å². The maximum absolute atomic E-state index is 15.1. The number of carboxylic acids is 1. The number of carboxylic acid groups (broad SMARTS) is 1. The van der Waals surface area contributed by atoms with Crippen LogP contribution in [0.1, 0.15) is 140 Å². The van der Waals surface area contributed by atoms with E-state index in [9.17, 15) is 24.3 Å². The Labute approximate surface area is 373 Å². The molecular weight excluding hydrogens is 817 g/mol.